The third kappa shape index (κ3) is 3.50. The van der Waals surface area contributed by atoms with Crippen LogP contribution in [-0.2, 0) is 0 Å². The minimum atomic E-state index is 0.595. The van der Waals surface area contributed by atoms with Crippen LogP contribution >= 0.6 is 11.3 Å². The molecule has 1 N–H and O–H groups in total. The summed E-state index contributed by atoms with van der Waals surface area (Å²) in [4.78, 5) is 1.51. The van der Waals surface area contributed by atoms with Gasteiger partial charge in [0.2, 0.25) is 0 Å². The van der Waals surface area contributed by atoms with Crippen molar-refractivity contribution in [1.29, 1.82) is 0 Å². The van der Waals surface area contributed by atoms with Crippen LogP contribution < -0.4 is 5.32 Å². The molecule has 1 nitrogen and oxygen atoms in total. The molecule has 1 aromatic carbocycles. The van der Waals surface area contributed by atoms with Gasteiger partial charge in [0, 0.05) is 10.9 Å². The maximum atomic E-state index is 3.80. The van der Waals surface area contributed by atoms with Gasteiger partial charge in [-0.1, -0.05) is 43.3 Å². The summed E-state index contributed by atoms with van der Waals surface area (Å²) in [7, 11) is 0. The van der Waals surface area contributed by atoms with Crippen LogP contribution in [0.1, 0.15) is 48.6 Å². The van der Waals surface area contributed by atoms with E-state index in [0.717, 1.165) is 12.5 Å². The number of hydrogen-bond acceptors (Lipinski definition) is 2. The Morgan fingerprint density at radius 1 is 1.15 bits per heavy atom. The monoisotopic (exact) mass is 285 g/mol. The molecule has 3 rings (SSSR count). The first kappa shape index (κ1) is 13.8. The zero-order valence-electron chi connectivity index (χ0n) is 12.1. The summed E-state index contributed by atoms with van der Waals surface area (Å²) in [5, 5.41) is 5.99. The van der Waals surface area contributed by atoms with E-state index in [0.29, 0.717) is 12.0 Å². The van der Waals surface area contributed by atoms with Crippen molar-refractivity contribution in [3.63, 3.8) is 0 Å². The summed E-state index contributed by atoms with van der Waals surface area (Å²) < 4.78 is 0. The van der Waals surface area contributed by atoms with Gasteiger partial charge < -0.3 is 5.32 Å². The topological polar surface area (TPSA) is 12.0 Å². The van der Waals surface area contributed by atoms with Crippen LogP contribution in [0.25, 0.3) is 0 Å². The third-order valence-corrected chi connectivity index (χ3v) is 5.21. The lowest BCUT2D eigenvalue weighted by atomic mass is 9.97. The Morgan fingerprint density at radius 3 is 2.60 bits per heavy atom. The molecular formula is C18H23NS. The average Bonchev–Trinajstić information content (AvgIpc) is 3.18. The fourth-order valence-electron chi connectivity index (χ4n) is 2.80. The smallest absolute Gasteiger partial charge is 0.0443 e. The molecule has 0 amide bonds. The summed E-state index contributed by atoms with van der Waals surface area (Å²) in [6.45, 7) is 3.43. The van der Waals surface area contributed by atoms with E-state index in [-0.39, 0.29) is 0 Å². The second-order valence-electron chi connectivity index (χ2n) is 5.89. The maximum absolute atomic E-state index is 3.80. The van der Waals surface area contributed by atoms with Crippen LogP contribution in [0.2, 0.25) is 0 Å². The summed E-state index contributed by atoms with van der Waals surface area (Å²) in [6, 6.07) is 15.9. The molecule has 1 aromatic heterocycles. The lowest BCUT2D eigenvalue weighted by Gasteiger charge is -2.19. The van der Waals surface area contributed by atoms with Crippen LogP contribution in [0.3, 0.4) is 0 Å². The summed E-state index contributed by atoms with van der Waals surface area (Å²) >= 11 is 1.89. The molecule has 0 spiro atoms. The highest BCUT2D eigenvalue weighted by atomic mass is 32.1. The van der Waals surface area contributed by atoms with E-state index in [1.54, 1.807) is 0 Å². The van der Waals surface area contributed by atoms with E-state index in [2.05, 4.69) is 60.1 Å². The van der Waals surface area contributed by atoms with E-state index in [9.17, 15) is 0 Å². The minimum absolute atomic E-state index is 0.595. The predicted molar refractivity (Wildman–Crippen MR) is 87.3 cm³/mol. The van der Waals surface area contributed by atoms with Gasteiger partial charge in [0.25, 0.3) is 0 Å². The highest BCUT2D eigenvalue weighted by molar-refractivity contribution is 7.10. The molecule has 0 saturated heterocycles. The first-order valence-electron chi connectivity index (χ1n) is 7.66. The van der Waals surface area contributed by atoms with Gasteiger partial charge in [-0.3, -0.25) is 0 Å². The van der Waals surface area contributed by atoms with Crippen LogP contribution in [0, 0.1) is 5.92 Å². The number of nitrogens with one attached hydrogen (secondary N) is 1. The number of hydrogen-bond donors (Lipinski definition) is 1. The highest BCUT2D eigenvalue weighted by Gasteiger charge is 2.32. The van der Waals surface area contributed by atoms with Gasteiger partial charge >= 0.3 is 0 Å². The minimum Gasteiger partial charge on any atom is -0.309 e. The quantitative estimate of drug-likeness (QED) is 0.756. The molecule has 20 heavy (non-hydrogen) atoms. The van der Waals surface area contributed by atoms with Gasteiger partial charge in [-0.05, 0) is 54.7 Å². The van der Waals surface area contributed by atoms with Crippen molar-refractivity contribution in [2.24, 2.45) is 5.92 Å². The molecule has 1 heterocycles. The highest BCUT2D eigenvalue weighted by Crippen LogP contribution is 2.42. The number of rotatable bonds is 7. The Kier molecular flexibility index (Phi) is 4.54. The molecule has 2 unspecified atom stereocenters. The molecule has 1 aliphatic carbocycles. The van der Waals surface area contributed by atoms with Gasteiger partial charge in [-0.15, -0.1) is 11.3 Å². The maximum Gasteiger partial charge on any atom is 0.0443 e. The van der Waals surface area contributed by atoms with Crippen molar-refractivity contribution in [1.82, 2.24) is 5.32 Å². The second-order valence-corrected chi connectivity index (χ2v) is 6.86. The first-order chi connectivity index (χ1) is 9.84. The van der Waals surface area contributed by atoms with Crippen molar-refractivity contribution in [2.75, 3.05) is 6.54 Å². The van der Waals surface area contributed by atoms with Gasteiger partial charge in [-0.25, -0.2) is 0 Å². The number of benzene rings is 1. The van der Waals surface area contributed by atoms with E-state index in [4.69, 9.17) is 0 Å². The van der Waals surface area contributed by atoms with Gasteiger partial charge in [0.15, 0.2) is 0 Å². The molecule has 1 fully saturated rings. The fourth-order valence-corrected chi connectivity index (χ4v) is 3.69. The summed E-state index contributed by atoms with van der Waals surface area (Å²) in [6.07, 6.45) is 3.99. The molecule has 1 aliphatic rings. The lowest BCUT2D eigenvalue weighted by Crippen LogP contribution is -2.24. The lowest BCUT2D eigenvalue weighted by molar-refractivity contribution is 0.468. The van der Waals surface area contributed by atoms with Gasteiger partial charge in [0.1, 0.15) is 0 Å². The summed E-state index contributed by atoms with van der Waals surface area (Å²) in [5.74, 6) is 1.51. The zero-order chi connectivity index (χ0) is 13.8. The fraction of sp³-hybridized carbons (Fsp3) is 0.444. The van der Waals surface area contributed by atoms with Gasteiger partial charge in [0.05, 0.1) is 0 Å². The Balaban J connectivity index is 1.51. The standard InChI is InChI=1S/C18H23NS/c1-14(15-6-3-2-4-7-15)11-12-19-18(16-9-10-16)17-8-5-13-20-17/h2-8,13-14,16,18-19H,9-12H2,1H3. The average molecular weight is 285 g/mol. The van der Waals surface area contributed by atoms with Crippen molar-refractivity contribution < 1.29 is 0 Å². The summed E-state index contributed by atoms with van der Waals surface area (Å²) in [5.41, 5.74) is 1.45. The second kappa shape index (κ2) is 6.55. The molecular weight excluding hydrogens is 262 g/mol. The predicted octanol–water partition coefficient (Wildman–Crippen LogP) is 4.98. The van der Waals surface area contributed by atoms with Crippen LogP contribution in [0.5, 0.6) is 0 Å². The van der Waals surface area contributed by atoms with E-state index >= 15 is 0 Å². The molecule has 0 bridgehead atoms. The van der Waals surface area contributed by atoms with Crippen molar-refractivity contribution in [3.8, 4) is 0 Å². The van der Waals surface area contributed by atoms with Gasteiger partial charge in [-0.2, -0.15) is 0 Å². The van der Waals surface area contributed by atoms with Crippen molar-refractivity contribution in [2.45, 2.75) is 38.1 Å². The number of thiophene rings is 1. The molecule has 2 heteroatoms. The van der Waals surface area contributed by atoms with Crippen LogP contribution in [-0.4, -0.2) is 6.54 Å². The molecule has 2 aromatic rings. The van der Waals surface area contributed by atoms with E-state index in [1.807, 2.05) is 11.3 Å². The van der Waals surface area contributed by atoms with E-state index < -0.39 is 0 Å². The van der Waals surface area contributed by atoms with E-state index in [1.165, 1.54) is 29.7 Å². The van der Waals surface area contributed by atoms with Crippen LogP contribution in [0.15, 0.2) is 47.8 Å². The molecule has 0 aliphatic heterocycles. The first-order valence-corrected chi connectivity index (χ1v) is 8.54. The molecule has 0 radical (unpaired) electrons. The Hall–Kier alpha value is -1.12. The SMILES string of the molecule is CC(CCNC(c1cccs1)C1CC1)c1ccccc1. The Bertz CT molecular complexity index is 501. The van der Waals surface area contributed by atoms with Crippen molar-refractivity contribution >= 4 is 11.3 Å². The van der Waals surface area contributed by atoms with Crippen LogP contribution in [0.4, 0.5) is 0 Å². The Morgan fingerprint density at radius 2 is 1.95 bits per heavy atom. The third-order valence-electron chi connectivity index (χ3n) is 4.25. The molecule has 1 saturated carbocycles. The normalized spacial score (nSPS) is 17.9. The Labute approximate surface area is 126 Å². The largest absolute Gasteiger partial charge is 0.309 e. The van der Waals surface area contributed by atoms with Crippen molar-refractivity contribution in [3.05, 3.63) is 58.3 Å². The zero-order valence-corrected chi connectivity index (χ0v) is 12.9. The molecule has 2 atom stereocenters. The molecule has 106 valence electrons.